The average Bonchev–Trinajstić information content (AvgIpc) is 2.39. The second-order valence-corrected chi connectivity index (χ2v) is 7.10. The zero-order chi connectivity index (χ0) is 17.8. The van der Waals surface area contributed by atoms with E-state index in [1.807, 2.05) is 45.9 Å². The Morgan fingerprint density at radius 1 is 1.13 bits per heavy atom. The molecule has 128 valence electrons. The highest BCUT2D eigenvalue weighted by Gasteiger charge is 2.27. The molecule has 2 amide bonds. The van der Waals surface area contributed by atoms with Crippen LogP contribution in [0.5, 0.6) is 0 Å². The number of anilines is 1. The largest absolute Gasteiger partial charge is 0.444 e. The molecule has 0 heterocycles. The van der Waals surface area contributed by atoms with Gasteiger partial charge >= 0.3 is 6.09 Å². The van der Waals surface area contributed by atoms with Gasteiger partial charge in [-0.2, -0.15) is 0 Å². The number of carbonyl (C=O) groups is 2. The third-order valence-corrected chi connectivity index (χ3v) is 3.48. The number of carbonyl (C=O) groups excluding carboxylic acids is 2. The SMILES string of the molecule is Cc1cccc(NC(=O)C(NC(=O)OC(C)(C)C)C(C)C)c1C. The molecule has 5 heteroatoms. The molecule has 0 radical (unpaired) electrons. The predicted molar refractivity (Wildman–Crippen MR) is 92.5 cm³/mol. The summed E-state index contributed by atoms with van der Waals surface area (Å²) in [5.41, 5.74) is 2.27. The lowest BCUT2D eigenvalue weighted by Crippen LogP contribution is -2.48. The van der Waals surface area contributed by atoms with Crippen molar-refractivity contribution < 1.29 is 14.3 Å². The van der Waals surface area contributed by atoms with Crippen molar-refractivity contribution >= 4 is 17.7 Å². The summed E-state index contributed by atoms with van der Waals surface area (Å²) in [6.45, 7) is 13.1. The van der Waals surface area contributed by atoms with Gasteiger partial charge in [0.2, 0.25) is 5.91 Å². The van der Waals surface area contributed by atoms with Crippen LogP contribution in [0, 0.1) is 19.8 Å². The molecule has 1 unspecified atom stereocenters. The van der Waals surface area contributed by atoms with Crippen LogP contribution in [0.15, 0.2) is 18.2 Å². The number of rotatable bonds is 4. The molecule has 0 aromatic heterocycles. The third kappa shape index (κ3) is 5.93. The van der Waals surface area contributed by atoms with Crippen LogP contribution in [0.2, 0.25) is 0 Å². The Morgan fingerprint density at radius 2 is 1.74 bits per heavy atom. The number of amides is 2. The van der Waals surface area contributed by atoms with Gasteiger partial charge in [-0.1, -0.05) is 26.0 Å². The summed E-state index contributed by atoms with van der Waals surface area (Å²) >= 11 is 0. The van der Waals surface area contributed by atoms with E-state index in [1.54, 1.807) is 20.8 Å². The molecule has 5 nitrogen and oxygen atoms in total. The van der Waals surface area contributed by atoms with Crippen molar-refractivity contribution in [3.63, 3.8) is 0 Å². The van der Waals surface area contributed by atoms with Crippen molar-refractivity contribution in [2.75, 3.05) is 5.32 Å². The van der Waals surface area contributed by atoms with Gasteiger partial charge in [-0.3, -0.25) is 4.79 Å². The van der Waals surface area contributed by atoms with Crippen LogP contribution in [-0.2, 0) is 9.53 Å². The number of hydrogen-bond acceptors (Lipinski definition) is 3. The first-order valence-electron chi connectivity index (χ1n) is 7.88. The zero-order valence-corrected chi connectivity index (χ0v) is 15.1. The van der Waals surface area contributed by atoms with Crippen molar-refractivity contribution in [2.45, 2.75) is 60.1 Å². The van der Waals surface area contributed by atoms with E-state index in [0.717, 1.165) is 16.8 Å². The fourth-order valence-corrected chi connectivity index (χ4v) is 2.07. The number of nitrogens with one attached hydrogen (secondary N) is 2. The van der Waals surface area contributed by atoms with Gasteiger partial charge in [-0.15, -0.1) is 0 Å². The Labute approximate surface area is 138 Å². The highest BCUT2D eigenvalue weighted by Crippen LogP contribution is 2.19. The summed E-state index contributed by atoms with van der Waals surface area (Å²) in [7, 11) is 0. The summed E-state index contributed by atoms with van der Waals surface area (Å²) in [5, 5.41) is 5.55. The van der Waals surface area contributed by atoms with Crippen molar-refractivity contribution in [1.82, 2.24) is 5.32 Å². The molecule has 1 aromatic rings. The summed E-state index contributed by atoms with van der Waals surface area (Å²) in [6.07, 6.45) is -0.590. The third-order valence-electron chi connectivity index (χ3n) is 3.48. The molecule has 0 aliphatic heterocycles. The van der Waals surface area contributed by atoms with E-state index in [4.69, 9.17) is 4.74 Å². The fourth-order valence-electron chi connectivity index (χ4n) is 2.07. The fraction of sp³-hybridized carbons (Fsp3) is 0.556. The first-order chi connectivity index (χ1) is 10.5. The molecule has 1 rings (SSSR count). The molecule has 0 aliphatic carbocycles. The molecule has 23 heavy (non-hydrogen) atoms. The van der Waals surface area contributed by atoms with E-state index in [1.165, 1.54) is 0 Å². The summed E-state index contributed by atoms with van der Waals surface area (Å²) in [4.78, 5) is 24.5. The monoisotopic (exact) mass is 320 g/mol. The predicted octanol–water partition coefficient (Wildman–Crippen LogP) is 3.79. The average molecular weight is 320 g/mol. The van der Waals surface area contributed by atoms with E-state index in [2.05, 4.69) is 10.6 Å². The van der Waals surface area contributed by atoms with E-state index in [0.29, 0.717) is 0 Å². The normalized spacial score (nSPS) is 12.7. The first-order valence-corrected chi connectivity index (χ1v) is 7.88. The van der Waals surface area contributed by atoms with Crippen LogP contribution in [0.4, 0.5) is 10.5 Å². The molecule has 0 aliphatic rings. The van der Waals surface area contributed by atoms with Gasteiger partial charge in [0.25, 0.3) is 0 Å². The highest BCUT2D eigenvalue weighted by molar-refractivity contribution is 5.97. The van der Waals surface area contributed by atoms with Gasteiger partial charge in [-0.05, 0) is 57.7 Å². The summed E-state index contributed by atoms with van der Waals surface area (Å²) in [5.74, 6) is -0.313. The number of ether oxygens (including phenoxy) is 1. The molecular formula is C18H28N2O3. The second-order valence-electron chi connectivity index (χ2n) is 7.10. The lowest BCUT2D eigenvalue weighted by molar-refractivity contribution is -0.119. The number of benzene rings is 1. The number of hydrogen-bond donors (Lipinski definition) is 2. The molecule has 0 spiro atoms. The number of alkyl carbamates (subject to hydrolysis) is 1. The molecule has 0 fully saturated rings. The molecule has 1 aromatic carbocycles. The van der Waals surface area contributed by atoms with Crippen molar-refractivity contribution in [2.24, 2.45) is 5.92 Å². The standard InChI is InChI=1S/C18H28N2O3/c1-11(2)15(20-17(22)23-18(5,6)7)16(21)19-14-10-8-9-12(3)13(14)4/h8-11,15H,1-7H3,(H,19,21)(H,20,22). The van der Waals surface area contributed by atoms with Gasteiger partial charge in [0.15, 0.2) is 0 Å². The Bertz CT molecular complexity index is 574. The van der Waals surface area contributed by atoms with E-state index in [-0.39, 0.29) is 11.8 Å². The molecule has 0 bridgehead atoms. The summed E-state index contributed by atoms with van der Waals surface area (Å²) in [6, 6.07) is 5.07. The molecule has 0 saturated heterocycles. The smallest absolute Gasteiger partial charge is 0.408 e. The Hall–Kier alpha value is -2.04. The number of aryl methyl sites for hydroxylation is 1. The van der Waals surface area contributed by atoms with E-state index < -0.39 is 17.7 Å². The lowest BCUT2D eigenvalue weighted by atomic mass is 10.0. The Morgan fingerprint density at radius 3 is 2.26 bits per heavy atom. The molecule has 2 N–H and O–H groups in total. The van der Waals surface area contributed by atoms with Gasteiger partial charge in [0.05, 0.1) is 0 Å². The molecule has 1 atom stereocenters. The minimum absolute atomic E-state index is 0.0624. The van der Waals surface area contributed by atoms with Crippen LogP contribution < -0.4 is 10.6 Å². The van der Waals surface area contributed by atoms with E-state index >= 15 is 0 Å². The minimum Gasteiger partial charge on any atom is -0.444 e. The highest BCUT2D eigenvalue weighted by atomic mass is 16.6. The molecule has 0 saturated carbocycles. The maximum absolute atomic E-state index is 12.5. The maximum atomic E-state index is 12.5. The Kier molecular flexibility index (Phi) is 6.19. The van der Waals surface area contributed by atoms with Crippen LogP contribution >= 0.6 is 0 Å². The quantitative estimate of drug-likeness (QED) is 0.887. The summed E-state index contributed by atoms with van der Waals surface area (Å²) < 4.78 is 5.23. The van der Waals surface area contributed by atoms with Crippen LogP contribution in [-0.4, -0.2) is 23.6 Å². The van der Waals surface area contributed by atoms with Crippen LogP contribution in [0.1, 0.15) is 45.7 Å². The van der Waals surface area contributed by atoms with E-state index in [9.17, 15) is 9.59 Å². The zero-order valence-electron chi connectivity index (χ0n) is 15.1. The second kappa shape index (κ2) is 7.49. The first kappa shape index (κ1) is 19.0. The molecular weight excluding hydrogens is 292 g/mol. The lowest BCUT2D eigenvalue weighted by Gasteiger charge is -2.25. The van der Waals surface area contributed by atoms with Gasteiger partial charge < -0.3 is 15.4 Å². The van der Waals surface area contributed by atoms with Crippen molar-refractivity contribution in [3.8, 4) is 0 Å². The van der Waals surface area contributed by atoms with Crippen molar-refractivity contribution in [3.05, 3.63) is 29.3 Å². The maximum Gasteiger partial charge on any atom is 0.408 e. The van der Waals surface area contributed by atoms with Gasteiger partial charge in [-0.25, -0.2) is 4.79 Å². The van der Waals surface area contributed by atoms with Gasteiger partial charge in [0, 0.05) is 5.69 Å². The van der Waals surface area contributed by atoms with Gasteiger partial charge in [0.1, 0.15) is 11.6 Å². The van der Waals surface area contributed by atoms with Crippen molar-refractivity contribution in [1.29, 1.82) is 0 Å². The van der Waals surface area contributed by atoms with Crippen LogP contribution in [0.25, 0.3) is 0 Å². The topological polar surface area (TPSA) is 67.4 Å². The van der Waals surface area contributed by atoms with Crippen LogP contribution in [0.3, 0.4) is 0 Å². The minimum atomic E-state index is -0.662. The Balaban J connectivity index is 2.83.